The van der Waals surface area contributed by atoms with Gasteiger partial charge in [-0.05, 0) is 18.4 Å². The Morgan fingerprint density at radius 1 is 0.812 bits per heavy atom. The van der Waals surface area contributed by atoms with E-state index in [-0.39, 0.29) is 13.2 Å². The summed E-state index contributed by atoms with van der Waals surface area (Å²) in [4.78, 5) is 24.6. The number of carbonyl (C=O) groups is 2. The van der Waals surface area contributed by atoms with Crippen LogP contribution in [0, 0.1) is 0 Å². The van der Waals surface area contributed by atoms with Crippen molar-refractivity contribution in [2.45, 2.75) is 26.2 Å². The van der Waals surface area contributed by atoms with Crippen LogP contribution < -0.4 is 9.47 Å². The molecule has 0 atom stereocenters. The molecule has 0 N–H and O–H groups in total. The van der Waals surface area contributed by atoms with E-state index < -0.39 is 12.3 Å². The van der Waals surface area contributed by atoms with Gasteiger partial charge >= 0.3 is 12.3 Å². The molecule has 0 aliphatic rings. The molecule has 0 saturated heterocycles. The molecule has 0 spiro atoms. The third-order valence-electron chi connectivity index (χ3n) is 4.85. The maximum absolute atomic E-state index is 12.4. The molecular weight excluding hydrogens is 408 g/mol. The Morgan fingerprint density at radius 2 is 1.38 bits per heavy atom. The summed E-state index contributed by atoms with van der Waals surface area (Å²) >= 11 is 0. The number of unbranched alkanes of at least 4 members (excludes halogenated alkanes) is 1. The van der Waals surface area contributed by atoms with Crippen LogP contribution >= 0.6 is 0 Å². The van der Waals surface area contributed by atoms with Crippen LogP contribution in [0.3, 0.4) is 0 Å². The fourth-order valence-corrected chi connectivity index (χ4v) is 3.49. The highest BCUT2D eigenvalue weighted by Crippen LogP contribution is 2.44. The first-order valence-electron chi connectivity index (χ1n) is 10.5. The molecule has 166 valence electrons. The Labute approximate surface area is 187 Å². The smallest absolute Gasteiger partial charge is 0.430 e. The third-order valence-corrected chi connectivity index (χ3v) is 4.85. The Kier molecular flexibility index (Phi) is 7.86. The highest BCUT2D eigenvalue weighted by atomic mass is 16.7. The third kappa shape index (κ3) is 5.09. The molecule has 32 heavy (non-hydrogen) atoms. The lowest BCUT2D eigenvalue weighted by molar-refractivity contribution is 0.109. The zero-order chi connectivity index (χ0) is 22.9. The molecule has 0 amide bonds. The quantitative estimate of drug-likeness (QED) is 0.161. The van der Waals surface area contributed by atoms with Gasteiger partial charge in [-0.25, -0.2) is 9.59 Å². The van der Waals surface area contributed by atoms with Crippen LogP contribution in [0.15, 0.2) is 67.8 Å². The number of hydrogen-bond donors (Lipinski definition) is 0. The van der Waals surface area contributed by atoms with Gasteiger partial charge < -0.3 is 18.9 Å². The average molecular weight is 434 g/mol. The Morgan fingerprint density at radius 3 is 1.97 bits per heavy atom. The molecule has 0 saturated carbocycles. The maximum atomic E-state index is 12.4. The molecule has 0 heterocycles. The first-order chi connectivity index (χ1) is 15.6. The van der Waals surface area contributed by atoms with E-state index in [1.165, 1.54) is 12.2 Å². The summed E-state index contributed by atoms with van der Waals surface area (Å²) in [5.74, 6) is 0.706. The molecule has 3 aromatic rings. The van der Waals surface area contributed by atoms with Crippen molar-refractivity contribution in [3.8, 4) is 11.5 Å². The highest BCUT2D eigenvalue weighted by Gasteiger charge is 2.22. The molecule has 0 bridgehead atoms. The number of benzene rings is 3. The zero-order valence-corrected chi connectivity index (χ0v) is 18.1. The van der Waals surface area contributed by atoms with Gasteiger partial charge in [-0.15, -0.1) is 0 Å². The Hall–Kier alpha value is -3.80. The lowest BCUT2D eigenvalue weighted by Gasteiger charge is -2.18. The predicted octanol–water partition coefficient (Wildman–Crippen LogP) is 6.74. The first-order valence-corrected chi connectivity index (χ1v) is 10.5. The topological polar surface area (TPSA) is 71.1 Å². The minimum absolute atomic E-state index is 0.0345. The number of hydrogen-bond acceptors (Lipinski definition) is 6. The molecule has 3 rings (SSSR count). The fraction of sp³-hybridized carbons (Fsp3) is 0.231. The SMILES string of the molecule is C=CCOC(=O)Oc1c2ccccc2c(OC(=O)OCC=C)c2c(CCCC)cccc12. The van der Waals surface area contributed by atoms with Crippen molar-refractivity contribution >= 4 is 33.9 Å². The van der Waals surface area contributed by atoms with Crippen molar-refractivity contribution in [2.75, 3.05) is 13.2 Å². The molecule has 0 unspecified atom stereocenters. The van der Waals surface area contributed by atoms with Crippen molar-refractivity contribution in [1.29, 1.82) is 0 Å². The number of rotatable bonds is 9. The second kappa shape index (κ2) is 11.0. The molecule has 3 aromatic carbocycles. The number of ether oxygens (including phenoxy) is 4. The summed E-state index contributed by atoms with van der Waals surface area (Å²) in [6.45, 7) is 9.27. The summed E-state index contributed by atoms with van der Waals surface area (Å²) in [7, 11) is 0. The van der Waals surface area contributed by atoms with E-state index in [0.717, 1.165) is 24.8 Å². The van der Waals surface area contributed by atoms with Gasteiger partial charge in [0.25, 0.3) is 0 Å². The van der Waals surface area contributed by atoms with Gasteiger partial charge in [0.15, 0.2) is 5.75 Å². The predicted molar refractivity (Wildman–Crippen MR) is 124 cm³/mol. The lowest BCUT2D eigenvalue weighted by Crippen LogP contribution is -2.13. The monoisotopic (exact) mass is 434 g/mol. The highest BCUT2D eigenvalue weighted by molar-refractivity contribution is 6.13. The van der Waals surface area contributed by atoms with Gasteiger partial charge in [-0.2, -0.15) is 0 Å². The largest absolute Gasteiger partial charge is 0.514 e. The maximum Gasteiger partial charge on any atom is 0.514 e. The van der Waals surface area contributed by atoms with Crippen LogP contribution in [0.25, 0.3) is 21.5 Å². The average Bonchev–Trinajstić information content (AvgIpc) is 2.81. The van der Waals surface area contributed by atoms with Gasteiger partial charge in [0.2, 0.25) is 0 Å². The van der Waals surface area contributed by atoms with Crippen LogP contribution in [0.4, 0.5) is 9.59 Å². The van der Waals surface area contributed by atoms with Crippen LogP contribution in [0.5, 0.6) is 11.5 Å². The Balaban J connectivity index is 2.26. The van der Waals surface area contributed by atoms with E-state index in [4.69, 9.17) is 18.9 Å². The van der Waals surface area contributed by atoms with Gasteiger partial charge in [0.1, 0.15) is 19.0 Å². The summed E-state index contributed by atoms with van der Waals surface area (Å²) in [6, 6.07) is 12.9. The second-order valence-electron chi connectivity index (χ2n) is 7.05. The van der Waals surface area contributed by atoms with Crippen LogP contribution in [-0.4, -0.2) is 25.5 Å². The summed E-state index contributed by atoms with van der Waals surface area (Å²) in [6.07, 6.45) is 3.98. The molecule has 6 nitrogen and oxygen atoms in total. The molecule has 0 fully saturated rings. The van der Waals surface area contributed by atoms with Crippen LogP contribution in [0.1, 0.15) is 25.3 Å². The number of carbonyl (C=O) groups excluding carboxylic acids is 2. The number of aryl methyl sites for hydroxylation is 1. The molecule has 0 aromatic heterocycles. The zero-order valence-electron chi connectivity index (χ0n) is 18.1. The second-order valence-corrected chi connectivity index (χ2v) is 7.05. The number of fused-ring (bicyclic) bond motifs is 2. The minimum atomic E-state index is -0.839. The molecular formula is C26H26O6. The van der Waals surface area contributed by atoms with Crippen LogP contribution in [0.2, 0.25) is 0 Å². The van der Waals surface area contributed by atoms with Crippen molar-refractivity contribution in [2.24, 2.45) is 0 Å². The first kappa shape index (κ1) is 22.9. The standard InChI is InChI=1S/C26H26O6/c1-4-7-11-18-12-10-15-21-22(18)24(32-26(28)30-17-6-3)20-14-9-8-13-19(20)23(21)31-25(27)29-16-5-2/h5-6,8-10,12-15H,2-4,7,11,16-17H2,1H3. The van der Waals surface area contributed by atoms with Gasteiger partial charge in [-0.1, -0.05) is 81.1 Å². The van der Waals surface area contributed by atoms with Crippen LogP contribution in [-0.2, 0) is 15.9 Å². The normalized spacial score (nSPS) is 10.5. The van der Waals surface area contributed by atoms with E-state index in [9.17, 15) is 9.59 Å². The van der Waals surface area contributed by atoms with E-state index in [0.29, 0.717) is 33.0 Å². The van der Waals surface area contributed by atoms with Crippen molar-refractivity contribution in [3.63, 3.8) is 0 Å². The molecule has 0 aliphatic carbocycles. The lowest BCUT2D eigenvalue weighted by atomic mass is 9.94. The molecule has 0 radical (unpaired) electrons. The van der Waals surface area contributed by atoms with Gasteiger partial charge in [0.05, 0.1) is 0 Å². The minimum Gasteiger partial charge on any atom is -0.430 e. The summed E-state index contributed by atoms with van der Waals surface area (Å²) in [5, 5.41) is 2.56. The van der Waals surface area contributed by atoms with Crippen molar-refractivity contribution in [3.05, 3.63) is 73.3 Å². The molecule has 0 aliphatic heterocycles. The van der Waals surface area contributed by atoms with E-state index >= 15 is 0 Å². The van der Waals surface area contributed by atoms with Crippen molar-refractivity contribution < 1.29 is 28.5 Å². The van der Waals surface area contributed by atoms with E-state index in [1.807, 2.05) is 36.4 Å². The van der Waals surface area contributed by atoms with E-state index in [2.05, 4.69) is 20.1 Å². The Bertz CT molecular complexity index is 1150. The fourth-order valence-electron chi connectivity index (χ4n) is 3.49. The van der Waals surface area contributed by atoms with Crippen molar-refractivity contribution in [1.82, 2.24) is 0 Å². The van der Waals surface area contributed by atoms with Gasteiger partial charge in [-0.3, -0.25) is 0 Å². The molecule has 6 heteroatoms. The van der Waals surface area contributed by atoms with Gasteiger partial charge in [0, 0.05) is 21.5 Å². The van der Waals surface area contributed by atoms with E-state index in [1.54, 1.807) is 6.07 Å². The summed E-state index contributed by atoms with van der Waals surface area (Å²) < 4.78 is 21.4. The summed E-state index contributed by atoms with van der Waals surface area (Å²) in [5.41, 5.74) is 0.978.